The van der Waals surface area contributed by atoms with Crippen molar-refractivity contribution in [3.8, 4) is 0 Å². The maximum atomic E-state index is 10.9. The predicted octanol–water partition coefficient (Wildman–Crippen LogP) is 1.54. The number of aromatic nitrogens is 2. The molecule has 4 nitrogen and oxygen atoms in total. The zero-order valence-electron chi connectivity index (χ0n) is 7.71. The van der Waals surface area contributed by atoms with Gasteiger partial charge in [0.05, 0.1) is 5.69 Å². The fraction of sp³-hybridized carbons (Fsp3) is 0.500. The Hall–Kier alpha value is -0.840. The lowest BCUT2D eigenvalue weighted by Gasteiger charge is -2.15. The summed E-state index contributed by atoms with van der Waals surface area (Å²) >= 11 is 3.27. The van der Waals surface area contributed by atoms with Gasteiger partial charge in [0.25, 0.3) is 0 Å². The minimum absolute atomic E-state index is 0.550. The molecule has 0 aliphatic heterocycles. The fourth-order valence-corrected chi connectivity index (χ4v) is 1.16. The number of carboxylic acids is 1. The van der Waals surface area contributed by atoms with Crippen LogP contribution in [-0.4, -0.2) is 20.9 Å². The Balaban J connectivity index is 3.15. The van der Waals surface area contributed by atoms with Crippen LogP contribution in [0, 0.1) is 0 Å². The topological polar surface area (TPSA) is 55.1 Å². The normalized spacial score (nSPS) is 11.7. The van der Waals surface area contributed by atoms with Crippen LogP contribution >= 0.6 is 15.9 Å². The molecule has 0 saturated carbocycles. The second-order valence-corrected chi connectivity index (χ2v) is 4.22. The lowest BCUT2D eigenvalue weighted by Crippen LogP contribution is -2.29. The van der Waals surface area contributed by atoms with E-state index in [4.69, 9.17) is 5.11 Å². The van der Waals surface area contributed by atoms with Crippen LogP contribution in [0.25, 0.3) is 0 Å². The van der Waals surface area contributed by atoms with Gasteiger partial charge >= 0.3 is 5.97 Å². The van der Waals surface area contributed by atoms with Crippen molar-refractivity contribution in [3.63, 3.8) is 0 Å². The molecule has 0 saturated heterocycles. The molecule has 1 aromatic heterocycles. The molecular weight excluding hydrogens is 236 g/mol. The zero-order valence-corrected chi connectivity index (χ0v) is 9.29. The molecule has 0 bridgehead atoms. The van der Waals surface area contributed by atoms with E-state index in [9.17, 15) is 4.79 Å². The Kier molecular flexibility index (Phi) is 2.47. The van der Waals surface area contributed by atoms with Crippen molar-refractivity contribution in [1.29, 1.82) is 0 Å². The first-order chi connectivity index (χ1) is 5.85. The number of hydrogen-bond acceptors (Lipinski definition) is 2. The molecule has 0 aliphatic rings. The molecule has 1 rings (SSSR count). The highest BCUT2D eigenvalue weighted by atomic mass is 79.9. The molecule has 0 aromatic carbocycles. The first kappa shape index (κ1) is 10.2. The van der Waals surface area contributed by atoms with E-state index in [0.29, 0.717) is 5.69 Å². The summed E-state index contributed by atoms with van der Waals surface area (Å²) in [5.41, 5.74) is -0.390. The van der Waals surface area contributed by atoms with Crippen LogP contribution in [0.5, 0.6) is 0 Å². The van der Waals surface area contributed by atoms with Gasteiger partial charge in [-0.05, 0) is 35.8 Å². The summed E-state index contributed by atoms with van der Waals surface area (Å²) in [6.45, 7) is 3.26. The number of aryl methyl sites for hydroxylation is 1. The second kappa shape index (κ2) is 3.14. The highest BCUT2D eigenvalue weighted by molar-refractivity contribution is 9.10. The maximum Gasteiger partial charge on any atom is 0.315 e. The van der Waals surface area contributed by atoms with Crippen molar-refractivity contribution in [3.05, 3.63) is 16.4 Å². The molecule has 72 valence electrons. The second-order valence-electron chi connectivity index (χ2n) is 3.41. The molecule has 0 unspecified atom stereocenters. The van der Waals surface area contributed by atoms with Gasteiger partial charge in [0.2, 0.25) is 0 Å². The van der Waals surface area contributed by atoms with Gasteiger partial charge in [0.1, 0.15) is 10.0 Å². The highest BCUT2D eigenvalue weighted by Gasteiger charge is 2.32. The van der Waals surface area contributed by atoms with Gasteiger partial charge in [-0.2, -0.15) is 5.10 Å². The number of hydrogen-bond donors (Lipinski definition) is 1. The summed E-state index contributed by atoms with van der Waals surface area (Å²) in [7, 11) is 1.76. The standard InChI is InChI=1S/C8H11BrN2O2/c1-8(2,7(12)13)5-4-6(9)11(3)10-5/h4H,1-3H3,(H,12,13). The monoisotopic (exact) mass is 246 g/mol. The molecule has 0 atom stereocenters. The third kappa shape index (κ3) is 1.75. The zero-order chi connectivity index (χ0) is 10.2. The Morgan fingerprint density at radius 1 is 1.69 bits per heavy atom. The average Bonchev–Trinajstić information content (AvgIpc) is 2.32. The first-order valence-electron chi connectivity index (χ1n) is 3.79. The summed E-state index contributed by atoms with van der Waals surface area (Å²) in [5, 5.41) is 13.0. The van der Waals surface area contributed by atoms with Gasteiger partial charge in [0.15, 0.2) is 0 Å². The molecule has 0 radical (unpaired) electrons. The smallest absolute Gasteiger partial charge is 0.315 e. The van der Waals surface area contributed by atoms with Crippen molar-refractivity contribution < 1.29 is 9.90 Å². The van der Waals surface area contributed by atoms with Crippen LogP contribution in [0.15, 0.2) is 10.7 Å². The van der Waals surface area contributed by atoms with E-state index < -0.39 is 11.4 Å². The predicted molar refractivity (Wildman–Crippen MR) is 51.6 cm³/mol. The summed E-state index contributed by atoms with van der Waals surface area (Å²) in [4.78, 5) is 10.9. The van der Waals surface area contributed by atoms with Crippen molar-refractivity contribution in [2.24, 2.45) is 7.05 Å². The molecule has 1 N–H and O–H groups in total. The third-order valence-electron chi connectivity index (χ3n) is 2.00. The quantitative estimate of drug-likeness (QED) is 0.862. The van der Waals surface area contributed by atoms with E-state index in [1.54, 1.807) is 31.6 Å². The van der Waals surface area contributed by atoms with Crippen LogP contribution in [0.4, 0.5) is 0 Å². The van der Waals surface area contributed by atoms with Gasteiger partial charge in [-0.3, -0.25) is 9.48 Å². The average molecular weight is 247 g/mol. The maximum absolute atomic E-state index is 10.9. The molecule has 0 aliphatic carbocycles. The Bertz CT molecular complexity index is 324. The van der Waals surface area contributed by atoms with E-state index in [-0.39, 0.29) is 0 Å². The van der Waals surface area contributed by atoms with Gasteiger partial charge in [0, 0.05) is 7.05 Å². The molecular formula is C8H11BrN2O2. The van der Waals surface area contributed by atoms with Crippen LogP contribution in [-0.2, 0) is 17.3 Å². The van der Waals surface area contributed by atoms with Crippen LogP contribution in [0.1, 0.15) is 19.5 Å². The molecule has 5 heteroatoms. The van der Waals surface area contributed by atoms with E-state index in [1.807, 2.05) is 0 Å². The minimum Gasteiger partial charge on any atom is -0.481 e. The fourth-order valence-electron chi connectivity index (χ4n) is 0.859. The molecule has 1 aromatic rings. The van der Waals surface area contributed by atoms with Crippen LogP contribution < -0.4 is 0 Å². The number of halogens is 1. The largest absolute Gasteiger partial charge is 0.481 e. The minimum atomic E-state index is -0.941. The molecule has 1 heterocycles. The van der Waals surface area contributed by atoms with E-state index >= 15 is 0 Å². The third-order valence-corrected chi connectivity index (χ3v) is 2.74. The summed E-state index contributed by atoms with van der Waals surface area (Å²) in [6, 6.07) is 1.72. The van der Waals surface area contributed by atoms with Crippen molar-refractivity contribution >= 4 is 21.9 Å². The summed E-state index contributed by atoms with van der Waals surface area (Å²) in [6.07, 6.45) is 0. The summed E-state index contributed by atoms with van der Waals surface area (Å²) in [5.74, 6) is -0.877. The van der Waals surface area contributed by atoms with E-state index in [0.717, 1.165) is 4.60 Å². The number of rotatable bonds is 2. The first-order valence-corrected chi connectivity index (χ1v) is 4.58. The van der Waals surface area contributed by atoms with E-state index in [1.165, 1.54) is 0 Å². The lowest BCUT2D eigenvalue weighted by molar-refractivity contribution is -0.142. The Morgan fingerprint density at radius 3 is 2.54 bits per heavy atom. The highest BCUT2D eigenvalue weighted by Crippen LogP contribution is 2.24. The molecule has 0 spiro atoms. The van der Waals surface area contributed by atoms with Crippen LogP contribution in [0.2, 0.25) is 0 Å². The van der Waals surface area contributed by atoms with Gasteiger partial charge in [-0.1, -0.05) is 0 Å². The van der Waals surface area contributed by atoms with Gasteiger partial charge < -0.3 is 5.11 Å². The Labute approximate surface area is 84.7 Å². The number of aliphatic carboxylic acids is 1. The summed E-state index contributed by atoms with van der Waals surface area (Å²) < 4.78 is 2.37. The number of carbonyl (C=O) groups is 1. The SMILES string of the molecule is Cn1nc(C(C)(C)C(=O)O)cc1Br. The Morgan fingerprint density at radius 2 is 2.23 bits per heavy atom. The van der Waals surface area contributed by atoms with E-state index in [2.05, 4.69) is 21.0 Å². The van der Waals surface area contributed by atoms with Crippen LogP contribution in [0.3, 0.4) is 0 Å². The van der Waals surface area contributed by atoms with Crippen molar-refractivity contribution in [2.75, 3.05) is 0 Å². The molecule has 0 fully saturated rings. The van der Waals surface area contributed by atoms with Crippen molar-refractivity contribution in [2.45, 2.75) is 19.3 Å². The molecule has 13 heavy (non-hydrogen) atoms. The number of nitrogens with zero attached hydrogens (tertiary/aromatic N) is 2. The molecule has 0 amide bonds. The van der Waals surface area contributed by atoms with Crippen molar-refractivity contribution in [1.82, 2.24) is 9.78 Å². The number of carboxylic acid groups (broad SMARTS) is 1. The lowest BCUT2D eigenvalue weighted by atomic mass is 9.90. The van der Waals surface area contributed by atoms with Gasteiger partial charge in [-0.25, -0.2) is 0 Å². The van der Waals surface area contributed by atoms with Gasteiger partial charge in [-0.15, -0.1) is 0 Å².